The quantitative estimate of drug-likeness (QED) is 0.683. The van der Waals surface area contributed by atoms with Crippen LogP contribution in [0.25, 0.3) is 0 Å². The molecule has 0 aliphatic carbocycles. The highest BCUT2D eigenvalue weighted by molar-refractivity contribution is 9.10. The molecule has 0 fully saturated rings. The van der Waals surface area contributed by atoms with Gasteiger partial charge in [-0.05, 0) is 22.0 Å². The molecule has 1 aromatic heterocycles. The molecule has 18 heavy (non-hydrogen) atoms. The Bertz CT molecular complexity index is 358. The van der Waals surface area contributed by atoms with E-state index in [4.69, 9.17) is 21.1 Å². The lowest BCUT2D eigenvalue weighted by Gasteiger charge is -2.25. The van der Waals surface area contributed by atoms with E-state index in [1.807, 2.05) is 6.07 Å². The van der Waals surface area contributed by atoms with Gasteiger partial charge >= 0.3 is 0 Å². The summed E-state index contributed by atoms with van der Waals surface area (Å²) in [7, 11) is 3.37. The Morgan fingerprint density at radius 1 is 1.28 bits per heavy atom. The zero-order valence-corrected chi connectivity index (χ0v) is 13.0. The molecular weight excluding hydrogens is 320 g/mol. The van der Waals surface area contributed by atoms with Gasteiger partial charge in [-0.15, -0.1) is 11.6 Å². The second-order valence-electron chi connectivity index (χ2n) is 3.74. The molecule has 102 valence electrons. The smallest absolute Gasteiger partial charge is 0.133 e. The summed E-state index contributed by atoms with van der Waals surface area (Å²) in [5.74, 6) is 1.32. The molecule has 1 heterocycles. The molecule has 4 nitrogen and oxygen atoms in total. The van der Waals surface area contributed by atoms with Crippen LogP contribution < -0.4 is 4.90 Å². The van der Waals surface area contributed by atoms with Crippen molar-refractivity contribution >= 4 is 33.3 Å². The molecule has 0 aliphatic rings. The van der Waals surface area contributed by atoms with Gasteiger partial charge in [0.2, 0.25) is 0 Å². The minimum absolute atomic E-state index is 0.429. The lowest BCUT2D eigenvalue weighted by atomic mass is 10.2. The topological polar surface area (TPSA) is 34.6 Å². The molecular formula is C12H18BrClN2O2. The maximum absolute atomic E-state index is 5.97. The van der Waals surface area contributed by atoms with E-state index in [9.17, 15) is 0 Å². The molecule has 0 N–H and O–H groups in total. The summed E-state index contributed by atoms with van der Waals surface area (Å²) in [5.41, 5.74) is 0.998. The zero-order chi connectivity index (χ0) is 13.4. The highest BCUT2D eigenvalue weighted by atomic mass is 79.9. The van der Waals surface area contributed by atoms with Crippen LogP contribution in [0, 0.1) is 0 Å². The Hall–Kier alpha value is -0.360. The first-order valence-corrected chi connectivity index (χ1v) is 6.99. The van der Waals surface area contributed by atoms with Gasteiger partial charge in [-0.25, -0.2) is 4.98 Å². The van der Waals surface area contributed by atoms with Crippen LogP contribution in [0.1, 0.15) is 5.56 Å². The summed E-state index contributed by atoms with van der Waals surface area (Å²) < 4.78 is 11.2. The zero-order valence-electron chi connectivity index (χ0n) is 10.7. The van der Waals surface area contributed by atoms with E-state index in [-0.39, 0.29) is 0 Å². The number of hydrogen-bond donors (Lipinski definition) is 0. The Kier molecular flexibility index (Phi) is 7.58. The van der Waals surface area contributed by atoms with E-state index < -0.39 is 0 Å². The summed E-state index contributed by atoms with van der Waals surface area (Å²) in [4.78, 5) is 6.56. The van der Waals surface area contributed by atoms with Crippen molar-refractivity contribution in [2.45, 2.75) is 5.88 Å². The van der Waals surface area contributed by atoms with E-state index >= 15 is 0 Å². The number of nitrogens with zero attached hydrogens (tertiary/aromatic N) is 2. The van der Waals surface area contributed by atoms with Crippen LogP contribution in [-0.4, -0.2) is 45.5 Å². The van der Waals surface area contributed by atoms with Crippen LogP contribution in [0.4, 0.5) is 5.82 Å². The van der Waals surface area contributed by atoms with Crippen LogP contribution in [0.15, 0.2) is 16.7 Å². The molecule has 6 heteroatoms. The summed E-state index contributed by atoms with van der Waals surface area (Å²) in [6.07, 6.45) is 1.78. The van der Waals surface area contributed by atoms with Gasteiger partial charge in [-0.2, -0.15) is 0 Å². The van der Waals surface area contributed by atoms with Crippen molar-refractivity contribution < 1.29 is 9.47 Å². The molecule has 0 atom stereocenters. The first-order chi connectivity index (χ1) is 8.72. The second kappa shape index (κ2) is 8.69. The number of halogens is 2. The van der Waals surface area contributed by atoms with Crippen molar-refractivity contribution in [3.05, 3.63) is 22.3 Å². The standard InChI is InChI=1S/C12H18BrClN2O2/c1-17-5-3-16(4-6-18-2)12-10(8-14)7-11(13)9-15-12/h7,9H,3-6,8H2,1-2H3. The molecule has 1 rings (SSSR count). The maximum atomic E-state index is 5.97. The Morgan fingerprint density at radius 2 is 1.89 bits per heavy atom. The van der Waals surface area contributed by atoms with E-state index in [1.54, 1.807) is 20.4 Å². The minimum atomic E-state index is 0.429. The number of hydrogen-bond acceptors (Lipinski definition) is 4. The van der Waals surface area contributed by atoms with E-state index in [0.717, 1.165) is 28.9 Å². The summed E-state index contributed by atoms with van der Waals surface area (Å²) in [6.45, 7) is 2.81. The van der Waals surface area contributed by atoms with Crippen molar-refractivity contribution in [3.63, 3.8) is 0 Å². The minimum Gasteiger partial charge on any atom is -0.383 e. The predicted molar refractivity (Wildman–Crippen MR) is 77.5 cm³/mol. The normalized spacial score (nSPS) is 10.7. The number of aromatic nitrogens is 1. The van der Waals surface area contributed by atoms with Gasteiger partial charge < -0.3 is 14.4 Å². The number of alkyl halides is 1. The summed E-state index contributed by atoms with van der Waals surface area (Å²) in [6, 6.07) is 1.99. The lowest BCUT2D eigenvalue weighted by molar-refractivity contribution is 0.190. The fraction of sp³-hybridized carbons (Fsp3) is 0.583. The average molecular weight is 338 g/mol. The first kappa shape index (κ1) is 15.7. The van der Waals surface area contributed by atoms with Crippen LogP contribution in [-0.2, 0) is 15.4 Å². The average Bonchev–Trinajstić information content (AvgIpc) is 2.39. The van der Waals surface area contributed by atoms with Gasteiger partial charge in [0, 0.05) is 43.5 Å². The SMILES string of the molecule is COCCN(CCOC)c1ncc(Br)cc1CCl. The van der Waals surface area contributed by atoms with Crippen molar-refractivity contribution in [2.24, 2.45) is 0 Å². The Morgan fingerprint density at radius 3 is 2.39 bits per heavy atom. The van der Waals surface area contributed by atoms with Gasteiger partial charge in [-0.1, -0.05) is 0 Å². The van der Waals surface area contributed by atoms with Gasteiger partial charge in [0.05, 0.1) is 19.1 Å². The van der Waals surface area contributed by atoms with Crippen LogP contribution >= 0.6 is 27.5 Å². The molecule has 0 bridgehead atoms. The maximum Gasteiger partial charge on any atom is 0.133 e. The number of rotatable bonds is 8. The second-order valence-corrected chi connectivity index (χ2v) is 4.93. The van der Waals surface area contributed by atoms with Crippen LogP contribution in [0.2, 0.25) is 0 Å². The molecule has 0 unspecified atom stereocenters. The highest BCUT2D eigenvalue weighted by Crippen LogP contribution is 2.23. The third kappa shape index (κ3) is 4.72. The van der Waals surface area contributed by atoms with Gasteiger partial charge in [0.25, 0.3) is 0 Å². The van der Waals surface area contributed by atoms with E-state index in [1.165, 1.54) is 0 Å². The third-order valence-corrected chi connectivity index (χ3v) is 3.21. The monoisotopic (exact) mass is 336 g/mol. The van der Waals surface area contributed by atoms with Crippen molar-refractivity contribution in [2.75, 3.05) is 45.4 Å². The molecule has 0 aliphatic heterocycles. The first-order valence-electron chi connectivity index (χ1n) is 5.66. The van der Waals surface area contributed by atoms with Crippen molar-refractivity contribution in [1.82, 2.24) is 4.98 Å². The predicted octanol–water partition coefficient (Wildman–Crippen LogP) is 2.68. The summed E-state index contributed by atoms with van der Waals surface area (Å²) in [5, 5.41) is 0. The van der Waals surface area contributed by atoms with Gasteiger partial charge in [-0.3, -0.25) is 0 Å². The van der Waals surface area contributed by atoms with Crippen molar-refractivity contribution in [3.8, 4) is 0 Å². The largest absolute Gasteiger partial charge is 0.383 e. The van der Waals surface area contributed by atoms with E-state index in [2.05, 4.69) is 25.8 Å². The van der Waals surface area contributed by atoms with Crippen molar-refractivity contribution in [1.29, 1.82) is 0 Å². The number of pyridine rings is 1. The fourth-order valence-corrected chi connectivity index (χ4v) is 2.16. The molecule has 1 aromatic rings. The number of ether oxygens (including phenoxy) is 2. The molecule has 0 saturated carbocycles. The molecule has 0 spiro atoms. The van der Waals surface area contributed by atoms with Crippen LogP contribution in [0.5, 0.6) is 0 Å². The molecule has 0 radical (unpaired) electrons. The molecule has 0 amide bonds. The summed E-state index contributed by atoms with van der Waals surface area (Å²) >= 11 is 9.37. The van der Waals surface area contributed by atoms with Gasteiger partial charge in [0.15, 0.2) is 0 Å². The molecule has 0 aromatic carbocycles. The lowest BCUT2D eigenvalue weighted by Crippen LogP contribution is -2.32. The molecule has 0 saturated heterocycles. The third-order valence-electron chi connectivity index (χ3n) is 2.48. The van der Waals surface area contributed by atoms with Crippen LogP contribution in [0.3, 0.4) is 0 Å². The highest BCUT2D eigenvalue weighted by Gasteiger charge is 2.12. The number of anilines is 1. The fourth-order valence-electron chi connectivity index (χ4n) is 1.58. The van der Waals surface area contributed by atoms with E-state index in [0.29, 0.717) is 19.1 Å². The number of methoxy groups -OCH3 is 2. The van der Waals surface area contributed by atoms with Gasteiger partial charge in [0.1, 0.15) is 5.82 Å². The Balaban J connectivity index is 2.88. The Labute approximate surface area is 121 Å².